The Morgan fingerprint density at radius 1 is 1.26 bits per heavy atom. The van der Waals surface area contributed by atoms with Crippen LogP contribution in [0.15, 0.2) is 58.4 Å². The molecule has 2 aromatic rings. The maximum absolute atomic E-state index is 10.9. The van der Waals surface area contributed by atoms with Crippen LogP contribution < -0.4 is 4.90 Å². The van der Waals surface area contributed by atoms with Crippen LogP contribution in [0.4, 0.5) is 5.69 Å². The summed E-state index contributed by atoms with van der Waals surface area (Å²) < 4.78 is 0. The minimum Gasteiger partial charge on any atom is -0.481 e. The van der Waals surface area contributed by atoms with Crippen LogP contribution in [0, 0.1) is 6.92 Å². The quantitative estimate of drug-likeness (QED) is 0.323. The van der Waals surface area contributed by atoms with Gasteiger partial charge >= 0.3 is 5.97 Å². The molecule has 2 aliphatic rings. The van der Waals surface area contributed by atoms with Crippen molar-refractivity contribution in [3.05, 3.63) is 65.2 Å². The first kappa shape index (κ1) is 21.7. The van der Waals surface area contributed by atoms with Crippen LogP contribution in [0.5, 0.6) is 0 Å². The minimum atomic E-state index is -0.821. The van der Waals surface area contributed by atoms with Gasteiger partial charge in [-0.15, -0.1) is 0 Å². The number of hydrogen-bond acceptors (Lipinski definition) is 4. The molecule has 5 heteroatoms. The van der Waals surface area contributed by atoms with E-state index in [2.05, 4.69) is 60.1 Å². The van der Waals surface area contributed by atoms with Gasteiger partial charge in [-0.05, 0) is 67.7 Å². The molecule has 1 N–H and O–H groups in total. The summed E-state index contributed by atoms with van der Waals surface area (Å²) in [5, 5.41) is 9.81. The lowest BCUT2D eigenvalue weighted by atomic mass is 9.96. The van der Waals surface area contributed by atoms with Gasteiger partial charge < -0.3 is 10.0 Å². The molecule has 2 aromatic carbocycles. The van der Waals surface area contributed by atoms with E-state index in [1.165, 1.54) is 41.6 Å². The molecule has 0 radical (unpaired) electrons. The van der Waals surface area contributed by atoms with Crippen LogP contribution in [0.2, 0.25) is 0 Å². The van der Waals surface area contributed by atoms with Gasteiger partial charge in [0.25, 0.3) is 0 Å². The first-order valence-corrected chi connectivity index (χ1v) is 12.0. The van der Waals surface area contributed by atoms with E-state index in [1.54, 1.807) is 11.8 Å². The number of carboxylic acids is 1. The average Bonchev–Trinajstić information content (AvgIpc) is 3.33. The van der Waals surface area contributed by atoms with Gasteiger partial charge in [-0.25, -0.2) is 0 Å². The lowest BCUT2D eigenvalue weighted by Gasteiger charge is -2.25. The highest BCUT2D eigenvalue weighted by molar-refractivity contribution is 8.14. The third kappa shape index (κ3) is 4.87. The van der Waals surface area contributed by atoms with E-state index in [9.17, 15) is 4.79 Å². The normalized spacial score (nSPS) is 20.3. The van der Waals surface area contributed by atoms with Crippen molar-refractivity contribution in [1.29, 1.82) is 0 Å². The van der Waals surface area contributed by atoms with E-state index in [0.717, 1.165) is 16.5 Å². The first-order valence-electron chi connectivity index (χ1n) is 11.1. The Morgan fingerprint density at radius 3 is 2.87 bits per heavy atom. The number of aliphatic imine (C=N–C) groups is 1. The lowest BCUT2D eigenvalue weighted by molar-refractivity contribution is -0.136. The minimum absolute atomic E-state index is 0.0421. The highest BCUT2D eigenvalue weighted by atomic mass is 32.2. The summed E-state index contributed by atoms with van der Waals surface area (Å²) >= 11 is 1.59. The molecule has 0 amide bonds. The number of aryl methyl sites for hydroxylation is 1. The zero-order valence-corrected chi connectivity index (χ0v) is 19.1. The van der Waals surface area contributed by atoms with Gasteiger partial charge in [-0.2, -0.15) is 0 Å². The number of benzene rings is 2. The molecule has 0 aromatic heterocycles. The van der Waals surface area contributed by atoms with Crippen molar-refractivity contribution in [2.24, 2.45) is 4.99 Å². The number of hydrogen-bond donors (Lipinski definition) is 1. The largest absolute Gasteiger partial charge is 0.481 e. The summed E-state index contributed by atoms with van der Waals surface area (Å²) in [4.78, 5) is 19.2. The summed E-state index contributed by atoms with van der Waals surface area (Å²) in [6, 6.07) is 15.7. The molecule has 1 heterocycles. The average molecular weight is 435 g/mol. The highest BCUT2D eigenvalue weighted by Crippen LogP contribution is 2.49. The Kier molecular flexibility index (Phi) is 6.81. The van der Waals surface area contributed by atoms with Crippen molar-refractivity contribution in [3.8, 4) is 0 Å². The van der Waals surface area contributed by atoms with Gasteiger partial charge in [0.2, 0.25) is 0 Å². The molecule has 1 aliphatic heterocycles. The van der Waals surface area contributed by atoms with Crippen LogP contribution in [-0.4, -0.2) is 35.3 Å². The van der Waals surface area contributed by atoms with Gasteiger partial charge in [0.05, 0.1) is 18.0 Å². The van der Waals surface area contributed by atoms with Crippen molar-refractivity contribution in [3.63, 3.8) is 0 Å². The van der Waals surface area contributed by atoms with Crippen molar-refractivity contribution >= 4 is 34.5 Å². The summed E-state index contributed by atoms with van der Waals surface area (Å²) in [5.41, 5.74) is 5.26. The maximum Gasteiger partial charge on any atom is 0.305 e. The second kappa shape index (κ2) is 9.73. The Morgan fingerprint density at radius 2 is 2.10 bits per heavy atom. The predicted molar refractivity (Wildman–Crippen MR) is 130 cm³/mol. The van der Waals surface area contributed by atoms with Gasteiger partial charge in [0, 0.05) is 29.1 Å². The number of nitrogens with zero attached hydrogens (tertiary/aromatic N) is 2. The highest BCUT2D eigenvalue weighted by Gasteiger charge is 2.40. The second-order valence-electron chi connectivity index (χ2n) is 8.27. The molecule has 0 saturated heterocycles. The molecule has 1 fully saturated rings. The SMILES string of the molecule is CCN1c2ccc(/C=C/C(=NCCC(=O)O)Sc3ccccc3C)cc2C2CCCC21. The molecule has 2 unspecified atom stereocenters. The van der Waals surface area contributed by atoms with Crippen LogP contribution in [-0.2, 0) is 4.79 Å². The number of likely N-dealkylation sites (N-methyl/N-ethyl adjacent to an activating group) is 1. The molecule has 4 nitrogen and oxygen atoms in total. The number of fused-ring (bicyclic) bond motifs is 3. The molecule has 2 atom stereocenters. The summed E-state index contributed by atoms with van der Waals surface area (Å²) in [5.74, 6) is -0.161. The predicted octanol–water partition coefficient (Wildman–Crippen LogP) is 6.15. The first-order chi connectivity index (χ1) is 15.1. The summed E-state index contributed by atoms with van der Waals surface area (Å²) in [6.45, 7) is 5.68. The van der Waals surface area contributed by atoms with Crippen LogP contribution in [0.25, 0.3) is 6.08 Å². The number of anilines is 1. The standard InChI is InChI=1S/C26H30N2O2S/c1-3-28-22-9-6-8-20(22)21-17-19(11-13-23(21)28)12-14-25(27-16-15-26(29)30)31-24-10-5-4-7-18(24)2/h4-5,7,10-14,17,20,22H,3,6,8-9,15-16H2,1-2H3,(H,29,30)/b14-12+,27-25?. The van der Waals surface area contributed by atoms with Crippen molar-refractivity contribution in [1.82, 2.24) is 0 Å². The van der Waals surface area contributed by atoms with Gasteiger partial charge in [-0.1, -0.05) is 48.5 Å². The molecule has 4 rings (SSSR count). The van der Waals surface area contributed by atoms with Crippen molar-refractivity contribution in [2.45, 2.75) is 56.4 Å². The molecule has 1 aliphatic carbocycles. The van der Waals surface area contributed by atoms with Crippen molar-refractivity contribution in [2.75, 3.05) is 18.0 Å². The Hall–Kier alpha value is -2.53. The van der Waals surface area contributed by atoms with E-state index in [4.69, 9.17) is 5.11 Å². The molecule has 162 valence electrons. The molecule has 1 saturated carbocycles. The third-order valence-electron chi connectivity index (χ3n) is 6.30. The number of aliphatic carboxylic acids is 1. The summed E-state index contributed by atoms with van der Waals surface area (Å²) in [7, 11) is 0. The van der Waals surface area contributed by atoms with Crippen LogP contribution in [0.3, 0.4) is 0 Å². The molecular formula is C26H30N2O2S. The summed E-state index contributed by atoms with van der Waals surface area (Å²) in [6.07, 6.45) is 8.08. The van der Waals surface area contributed by atoms with E-state index < -0.39 is 5.97 Å². The van der Waals surface area contributed by atoms with E-state index in [-0.39, 0.29) is 13.0 Å². The maximum atomic E-state index is 10.9. The fourth-order valence-corrected chi connectivity index (χ4v) is 5.72. The Balaban J connectivity index is 1.57. The van der Waals surface area contributed by atoms with Crippen LogP contribution in [0.1, 0.15) is 55.2 Å². The smallest absolute Gasteiger partial charge is 0.305 e. The van der Waals surface area contributed by atoms with E-state index >= 15 is 0 Å². The Labute approximate surface area is 189 Å². The number of rotatable bonds is 7. The monoisotopic (exact) mass is 434 g/mol. The van der Waals surface area contributed by atoms with Crippen LogP contribution >= 0.6 is 11.8 Å². The third-order valence-corrected chi connectivity index (χ3v) is 7.45. The van der Waals surface area contributed by atoms with E-state index in [1.807, 2.05) is 18.2 Å². The number of carbonyl (C=O) groups is 1. The van der Waals surface area contributed by atoms with Gasteiger partial charge in [-0.3, -0.25) is 9.79 Å². The zero-order valence-electron chi connectivity index (χ0n) is 18.3. The molecule has 31 heavy (non-hydrogen) atoms. The topological polar surface area (TPSA) is 52.9 Å². The number of thioether (sulfide) groups is 1. The van der Waals surface area contributed by atoms with Crippen molar-refractivity contribution < 1.29 is 9.90 Å². The second-order valence-corrected chi connectivity index (χ2v) is 9.34. The van der Waals surface area contributed by atoms with E-state index in [0.29, 0.717) is 12.0 Å². The lowest BCUT2D eigenvalue weighted by Crippen LogP contribution is -2.30. The van der Waals surface area contributed by atoms with Gasteiger partial charge in [0.15, 0.2) is 0 Å². The molecule has 0 spiro atoms. The Bertz CT molecular complexity index is 1010. The fraction of sp³-hybridized carbons (Fsp3) is 0.385. The van der Waals surface area contributed by atoms with Gasteiger partial charge in [0.1, 0.15) is 0 Å². The fourth-order valence-electron chi connectivity index (χ4n) is 4.83. The number of carboxylic acid groups (broad SMARTS) is 1. The zero-order chi connectivity index (χ0) is 21.8. The molecule has 0 bridgehead atoms. The molecular weight excluding hydrogens is 404 g/mol.